The standard InChI is InChI=1S/C25H23N3O/c1-28-24(29)17-21(27-25(28)26)10-4-2-7-18-13-15-20(16-14-18)23-12-6-9-19-8-3-5-11-22(19)23/h2-6,8-9,11-17H,7,10H2,1H3,(H2,26,27). The molecule has 0 saturated carbocycles. The Balaban J connectivity index is 1.45. The third-order valence-electron chi connectivity index (χ3n) is 5.12. The third kappa shape index (κ3) is 4.11. The summed E-state index contributed by atoms with van der Waals surface area (Å²) in [5.74, 6) is 0.241. The van der Waals surface area contributed by atoms with Crippen molar-refractivity contribution in [3.05, 3.63) is 107 Å². The van der Waals surface area contributed by atoms with Crippen molar-refractivity contribution >= 4 is 16.7 Å². The third-order valence-corrected chi connectivity index (χ3v) is 5.12. The zero-order valence-electron chi connectivity index (χ0n) is 16.4. The van der Waals surface area contributed by atoms with Crippen molar-refractivity contribution in [2.24, 2.45) is 7.05 Å². The number of benzene rings is 3. The van der Waals surface area contributed by atoms with Gasteiger partial charge in [-0.1, -0.05) is 78.9 Å². The van der Waals surface area contributed by atoms with Crippen LogP contribution in [0.4, 0.5) is 5.95 Å². The SMILES string of the molecule is Cn1c(N)nc(CC=CCc2ccc(-c3cccc4ccccc34)cc2)cc1=O. The van der Waals surface area contributed by atoms with Crippen molar-refractivity contribution in [1.82, 2.24) is 9.55 Å². The molecule has 2 N–H and O–H groups in total. The zero-order chi connectivity index (χ0) is 20.2. The Hall–Kier alpha value is -3.66. The maximum atomic E-state index is 11.8. The van der Waals surface area contributed by atoms with E-state index in [-0.39, 0.29) is 11.5 Å². The van der Waals surface area contributed by atoms with Crippen LogP contribution in [-0.4, -0.2) is 9.55 Å². The van der Waals surface area contributed by atoms with Crippen molar-refractivity contribution in [3.63, 3.8) is 0 Å². The summed E-state index contributed by atoms with van der Waals surface area (Å²) in [6.45, 7) is 0. The van der Waals surface area contributed by atoms with Crippen molar-refractivity contribution in [2.75, 3.05) is 5.73 Å². The van der Waals surface area contributed by atoms with Gasteiger partial charge in [0.2, 0.25) is 5.95 Å². The Morgan fingerprint density at radius 1 is 0.931 bits per heavy atom. The predicted molar refractivity (Wildman–Crippen MR) is 120 cm³/mol. The Kier molecular flexibility index (Phi) is 5.25. The summed E-state index contributed by atoms with van der Waals surface area (Å²) in [5.41, 5.74) is 10.00. The fourth-order valence-electron chi connectivity index (χ4n) is 3.43. The average Bonchev–Trinajstić information content (AvgIpc) is 2.75. The lowest BCUT2D eigenvalue weighted by atomic mass is 9.97. The number of aromatic nitrogens is 2. The first-order valence-electron chi connectivity index (χ1n) is 9.66. The van der Waals surface area contributed by atoms with Gasteiger partial charge in [0, 0.05) is 19.5 Å². The van der Waals surface area contributed by atoms with Gasteiger partial charge in [-0.2, -0.15) is 0 Å². The van der Waals surface area contributed by atoms with Crippen LogP contribution in [0.3, 0.4) is 0 Å². The molecule has 0 unspecified atom stereocenters. The summed E-state index contributed by atoms with van der Waals surface area (Å²) >= 11 is 0. The number of rotatable bonds is 5. The van der Waals surface area contributed by atoms with Gasteiger partial charge in [0.25, 0.3) is 5.56 Å². The van der Waals surface area contributed by atoms with E-state index in [1.165, 1.54) is 38.1 Å². The van der Waals surface area contributed by atoms with Gasteiger partial charge in [-0.3, -0.25) is 9.36 Å². The van der Waals surface area contributed by atoms with E-state index in [0.717, 1.165) is 6.42 Å². The number of fused-ring (bicyclic) bond motifs is 1. The second kappa shape index (κ2) is 8.15. The quantitative estimate of drug-likeness (QED) is 0.517. The molecule has 29 heavy (non-hydrogen) atoms. The molecule has 144 valence electrons. The monoisotopic (exact) mass is 381 g/mol. The summed E-state index contributed by atoms with van der Waals surface area (Å²) in [6.07, 6.45) is 5.55. The molecule has 0 saturated heterocycles. The molecule has 0 amide bonds. The fourth-order valence-corrected chi connectivity index (χ4v) is 3.43. The largest absolute Gasteiger partial charge is 0.369 e. The summed E-state index contributed by atoms with van der Waals surface area (Å²) in [6, 6.07) is 25.1. The van der Waals surface area contributed by atoms with Crippen molar-refractivity contribution in [1.29, 1.82) is 0 Å². The molecule has 4 rings (SSSR count). The molecule has 0 aliphatic carbocycles. The average molecular weight is 381 g/mol. The minimum Gasteiger partial charge on any atom is -0.369 e. The van der Waals surface area contributed by atoms with Gasteiger partial charge in [-0.15, -0.1) is 0 Å². The summed E-state index contributed by atoms with van der Waals surface area (Å²) in [4.78, 5) is 16.0. The number of hydrogen-bond donors (Lipinski definition) is 1. The van der Waals surface area contributed by atoms with Crippen LogP contribution < -0.4 is 11.3 Å². The van der Waals surface area contributed by atoms with Gasteiger partial charge in [-0.25, -0.2) is 4.98 Å². The second-order valence-corrected chi connectivity index (χ2v) is 7.11. The van der Waals surface area contributed by atoms with Crippen molar-refractivity contribution in [3.8, 4) is 11.1 Å². The van der Waals surface area contributed by atoms with E-state index in [0.29, 0.717) is 12.1 Å². The molecule has 0 fully saturated rings. The highest BCUT2D eigenvalue weighted by molar-refractivity contribution is 5.96. The van der Waals surface area contributed by atoms with E-state index >= 15 is 0 Å². The van der Waals surface area contributed by atoms with Crippen LogP contribution in [0.15, 0.2) is 89.7 Å². The first kappa shape index (κ1) is 18.7. The van der Waals surface area contributed by atoms with Crippen molar-refractivity contribution < 1.29 is 0 Å². The Morgan fingerprint density at radius 3 is 2.45 bits per heavy atom. The van der Waals surface area contributed by atoms with Crippen LogP contribution in [0.1, 0.15) is 11.3 Å². The maximum absolute atomic E-state index is 11.8. The van der Waals surface area contributed by atoms with Crippen molar-refractivity contribution in [2.45, 2.75) is 12.8 Å². The lowest BCUT2D eigenvalue weighted by molar-refractivity contribution is 0.826. The smallest absolute Gasteiger partial charge is 0.254 e. The minimum absolute atomic E-state index is 0.134. The Morgan fingerprint density at radius 2 is 1.66 bits per heavy atom. The van der Waals surface area contributed by atoms with E-state index in [2.05, 4.69) is 77.8 Å². The van der Waals surface area contributed by atoms with Crippen LogP contribution in [0.5, 0.6) is 0 Å². The highest BCUT2D eigenvalue weighted by Crippen LogP contribution is 2.28. The second-order valence-electron chi connectivity index (χ2n) is 7.11. The lowest BCUT2D eigenvalue weighted by Gasteiger charge is -2.07. The minimum atomic E-state index is -0.134. The fraction of sp³-hybridized carbons (Fsp3) is 0.120. The maximum Gasteiger partial charge on any atom is 0.254 e. The molecular weight excluding hydrogens is 358 g/mol. The van der Waals surface area contributed by atoms with E-state index in [9.17, 15) is 4.79 Å². The highest BCUT2D eigenvalue weighted by atomic mass is 16.1. The Labute approximate surface area is 170 Å². The molecule has 4 nitrogen and oxygen atoms in total. The molecule has 3 aromatic carbocycles. The molecule has 4 heteroatoms. The molecule has 1 aromatic heterocycles. The van der Waals surface area contributed by atoms with Gasteiger partial charge < -0.3 is 5.73 Å². The molecular formula is C25H23N3O. The number of nitrogens with two attached hydrogens (primary N) is 1. The van der Waals surface area contributed by atoms with E-state index in [1.54, 1.807) is 7.05 Å². The molecule has 0 aliphatic heterocycles. The summed E-state index contributed by atoms with van der Waals surface area (Å²) in [5, 5.41) is 2.52. The number of anilines is 1. The molecule has 1 heterocycles. The van der Waals surface area contributed by atoms with Crippen LogP contribution >= 0.6 is 0 Å². The predicted octanol–water partition coefficient (Wildman–Crippen LogP) is 4.52. The summed E-state index contributed by atoms with van der Waals surface area (Å²) < 4.78 is 1.34. The van der Waals surface area contributed by atoms with E-state index in [1.807, 2.05) is 6.08 Å². The number of nitrogen functional groups attached to an aromatic ring is 1. The molecule has 4 aromatic rings. The molecule has 0 atom stereocenters. The zero-order valence-corrected chi connectivity index (χ0v) is 16.4. The number of hydrogen-bond acceptors (Lipinski definition) is 3. The first-order valence-corrected chi connectivity index (χ1v) is 9.66. The molecule has 0 radical (unpaired) electrons. The lowest BCUT2D eigenvalue weighted by Crippen LogP contribution is -2.21. The van der Waals surface area contributed by atoms with Crippen LogP contribution in [0.25, 0.3) is 21.9 Å². The van der Waals surface area contributed by atoms with Gasteiger partial charge >= 0.3 is 0 Å². The number of allylic oxidation sites excluding steroid dienone is 2. The van der Waals surface area contributed by atoms with Gasteiger partial charge in [0.1, 0.15) is 0 Å². The highest BCUT2D eigenvalue weighted by Gasteiger charge is 2.03. The van der Waals surface area contributed by atoms with Crippen LogP contribution in [0.2, 0.25) is 0 Å². The topological polar surface area (TPSA) is 60.9 Å². The van der Waals surface area contributed by atoms with Gasteiger partial charge in [0.05, 0.1) is 5.69 Å². The normalized spacial score (nSPS) is 11.3. The van der Waals surface area contributed by atoms with Crippen LogP contribution in [0, 0.1) is 0 Å². The Bertz CT molecular complexity index is 1230. The van der Waals surface area contributed by atoms with E-state index in [4.69, 9.17) is 5.73 Å². The van der Waals surface area contributed by atoms with Crippen LogP contribution in [-0.2, 0) is 19.9 Å². The number of nitrogens with zero attached hydrogens (tertiary/aromatic N) is 2. The first-order chi connectivity index (χ1) is 14.1. The van der Waals surface area contributed by atoms with E-state index < -0.39 is 0 Å². The molecule has 0 bridgehead atoms. The van der Waals surface area contributed by atoms with Gasteiger partial charge in [0.15, 0.2) is 0 Å². The summed E-state index contributed by atoms with van der Waals surface area (Å²) in [7, 11) is 1.62. The van der Waals surface area contributed by atoms with Gasteiger partial charge in [-0.05, 0) is 33.9 Å². The molecule has 0 aliphatic rings. The molecule has 0 spiro atoms.